The molecule has 0 unspecified atom stereocenters. The van der Waals surface area contributed by atoms with Gasteiger partial charge in [-0.2, -0.15) is 0 Å². The van der Waals surface area contributed by atoms with Gasteiger partial charge in [-0.15, -0.1) is 11.3 Å². The van der Waals surface area contributed by atoms with E-state index in [1.165, 1.54) is 0 Å². The molecule has 0 aliphatic carbocycles. The van der Waals surface area contributed by atoms with E-state index in [0.29, 0.717) is 12.3 Å². The fraction of sp³-hybridized carbons (Fsp3) is 0.158. The van der Waals surface area contributed by atoms with E-state index < -0.39 is 0 Å². The molecule has 0 aliphatic rings. The molecule has 4 nitrogen and oxygen atoms in total. The lowest BCUT2D eigenvalue weighted by Crippen LogP contribution is -2.34. The van der Waals surface area contributed by atoms with Crippen LogP contribution in [0.1, 0.15) is 10.6 Å². The molecule has 0 saturated heterocycles. The summed E-state index contributed by atoms with van der Waals surface area (Å²) in [6.45, 7) is 2.42. The first-order chi connectivity index (χ1) is 11.7. The van der Waals surface area contributed by atoms with Crippen LogP contribution in [-0.2, 0) is 11.3 Å². The normalized spacial score (nSPS) is 10.4. The molecule has 0 radical (unpaired) electrons. The maximum absolute atomic E-state index is 12.7. The third kappa shape index (κ3) is 4.20. The summed E-state index contributed by atoms with van der Waals surface area (Å²) < 4.78 is 5.59. The average molecular weight is 338 g/mol. The summed E-state index contributed by atoms with van der Waals surface area (Å²) in [5, 5.41) is 2.01. The van der Waals surface area contributed by atoms with Crippen LogP contribution in [0.25, 0.3) is 0 Å². The van der Waals surface area contributed by atoms with Gasteiger partial charge in [0.2, 0.25) is 0 Å². The Morgan fingerprint density at radius 3 is 2.62 bits per heavy atom. The molecule has 3 rings (SSSR count). The molecule has 2 aromatic heterocycles. The third-order valence-electron chi connectivity index (χ3n) is 3.51. The minimum atomic E-state index is -0.0878. The van der Waals surface area contributed by atoms with E-state index in [-0.39, 0.29) is 12.5 Å². The molecule has 2 heterocycles. The lowest BCUT2D eigenvalue weighted by atomic mass is 10.2. The molecule has 1 amide bonds. The Bertz CT molecular complexity index is 771. The van der Waals surface area contributed by atoms with Gasteiger partial charge in [0.05, 0.1) is 12.7 Å². The highest BCUT2D eigenvalue weighted by molar-refractivity contribution is 7.09. The topological polar surface area (TPSA) is 42.4 Å². The van der Waals surface area contributed by atoms with E-state index in [0.717, 1.165) is 16.3 Å². The predicted molar refractivity (Wildman–Crippen MR) is 96.4 cm³/mol. The summed E-state index contributed by atoms with van der Waals surface area (Å²) in [6.07, 6.45) is 1.63. The molecule has 0 atom stereocenters. The van der Waals surface area contributed by atoms with Crippen LogP contribution in [0.2, 0.25) is 0 Å². The van der Waals surface area contributed by atoms with Crippen molar-refractivity contribution in [2.24, 2.45) is 0 Å². The lowest BCUT2D eigenvalue weighted by molar-refractivity contribution is -0.120. The Labute approximate surface area is 145 Å². The molecule has 0 bridgehead atoms. The van der Waals surface area contributed by atoms with Crippen molar-refractivity contribution < 1.29 is 9.53 Å². The van der Waals surface area contributed by atoms with E-state index in [1.807, 2.05) is 66.9 Å². The average Bonchev–Trinajstić information content (AvgIpc) is 3.13. The lowest BCUT2D eigenvalue weighted by Gasteiger charge is -2.22. The number of rotatable bonds is 6. The number of ether oxygens (including phenoxy) is 1. The van der Waals surface area contributed by atoms with E-state index in [2.05, 4.69) is 4.98 Å². The molecule has 24 heavy (non-hydrogen) atoms. The smallest absolute Gasteiger partial charge is 0.265 e. The number of anilines is 1. The largest absolute Gasteiger partial charge is 0.482 e. The first kappa shape index (κ1) is 16.2. The molecular formula is C19H18N2O2S. The molecule has 0 saturated carbocycles. The van der Waals surface area contributed by atoms with Gasteiger partial charge in [0.1, 0.15) is 5.75 Å². The van der Waals surface area contributed by atoms with Gasteiger partial charge in [-0.05, 0) is 42.6 Å². The maximum atomic E-state index is 12.7. The van der Waals surface area contributed by atoms with Crippen LogP contribution in [-0.4, -0.2) is 17.5 Å². The van der Waals surface area contributed by atoms with E-state index in [9.17, 15) is 4.79 Å². The molecule has 1 aromatic carbocycles. The zero-order chi connectivity index (χ0) is 16.8. The molecule has 0 N–H and O–H groups in total. The monoisotopic (exact) mass is 338 g/mol. The second-order valence-corrected chi connectivity index (χ2v) is 6.35. The van der Waals surface area contributed by atoms with Gasteiger partial charge < -0.3 is 9.64 Å². The number of hydrogen-bond donors (Lipinski definition) is 0. The fourth-order valence-electron chi connectivity index (χ4n) is 2.25. The highest BCUT2D eigenvalue weighted by atomic mass is 32.1. The summed E-state index contributed by atoms with van der Waals surface area (Å²) in [5.41, 5.74) is 1.78. The zero-order valence-corrected chi connectivity index (χ0v) is 14.2. The molecule has 0 spiro atoms. The van der Waals surface area contributed by atoms with Crippen LogP contribution in [0.5, 0.6) is 5.75 Å². The van der Waals surface area contributed by atoms with Crippen LogP contribution < -0.4 is 9.64 Å². The third-order valence-corrected chi connectivity index (χ3v) is 4.37. The van der Waals surface area contributed by atoms with Crippen LogP contribution >= 0.6 is 11.3 Å². The first-order valence-corrected chi connectivity index (χ1v) is 8.53. The Balaban J connectivity index is 1.72. The van der Waals surface area contributed by atoms with Crippen LogP contribution in [0, 0.1) is 6.92 Å². The van der Waals surface area contributed by atoms with Gasteiger partial charge in [0, 0.05) is 16.3 Å². The number of amides is 1. The number of hydrogen-bond acceptors (Lipinski definition) is 4. The summed E-state index contributed by atoms with van der Waals surface area (Å²) >= 11 is 1.63. The van der Waals surface area contributed by atoms with Crippen molar-refractivity contribution in [3.63, 3.8) is 0 Å². The van der Waals surface area contributed by atoms with Gasteiger partial charge in [0.25, 0.3) is 5.91 Å². The number of aromatic nitrogens is 1. The first-order valence-electron chi connectivity index (χ1n) is 7.65. The number of pyridine rings is 1. The second-order valence-electron chi connectivity index (χ2n) is 5.32. The summed E-state index contributed by atoms with van der Waals surface area (Å²) in [5.74, 6) is 0.508. The van der Waals surface area contributed by atoms with Crippen molar-refractivity contribution in [3.05, 3.63) is 76.7 Å². The van der Waals surface area contributed by atoms with Gasteiger partial charge in [-0.25, -0.2) is 0 Å². The van der Waals surface area contributed by atoms with Crippen molar-refractivity contribution >= 4 is 22.9 Å². The number of nitrogens with zero attached hydrogens (tertiary/aromatic N) is 2. The molecular weight excluding hydrogens is 320 g/mol. The Morgan fingerprint density at radius 2 is 1.96 bits per heavy atom. The quantitative estimate of drug-likeness (QED) is 0.680. The van der Waals surface area contributed by atoms with Gasteiger partial charge >= 0.3 is 0 Å². The highest BCUT2D eigenvalue weighted by Gasteiger charge is 2.17. The fourth-order valence-corrected chi connectivity index (χ4v) is 2.95. The molecule has 0 fully saturated rings. The Kier molecular flexibility index (Phi) is 5.23. The SMILES string of the molecule is Cc1ccc(OCC(=O)N(Cc2cccs2)c2ccccc2)cn1. The van der Waals surface area contributed by atoms with Gasteiger partial charge in [0.15, 0.2) is 6.61 Å². The van der Waals surface area contributed by atoms with Crippen molar-refractivity contribution in [2.45, 2.75) is 13.5 Å². The number of carbonyl (C=O) groups is 1. The van der Waals surface area contributed by atoms with Crippen molar-refractivity contribution in [1.82, 2.24) is 4.98 Å². The van der Waals surface area contributed by atoms with Crippen LogP contribution in [0.3, 0.4) is 0 Å². The maximum Gasteiger partial charge on any atom is 0.265 e. The zero-order valence-electron chi connectivity index (χ0n) is 13.4. The van der Waals surface area contributed by atoms with Crippen LogP contribution in [0.15, 0.2) is 66.2 Å². The molecule has 122 valence electrons. The number of benzene rings is 1. The van der Waals surface area contributed by atoms with Crippen molar-refractivity contribution in [2.75, 3.05) is 11.5 Å². The van der Waals surface area contributed by atoms with E-state index in [1.54, 1.807) is 22.4 Å². The molecule has 3 aromatic rings. The number of thiophene rings is 1. The molecule has 5 heteroatoms. The van der Waals surface area contributed by atoms with E-state index in [4.69, 9.17) is 4.74 Å². The highest BCUT2D eigenvalue weighted by Crippen LogP contribution is 2.20. The predicted octanol–water partition coefficient (Wildman–Crippen LogP) is 4.06. The second kappa shape index (κ2) is 7.75. The Morgan fingerprint density at radius 1 is 1.12 bits per heavy atom. The number of aryl methyl sites for hydroxylation is 1. The van der Waals surface area contributed by atoms with Gasteiger partial charge in [-0.3, -0.25) is 9.78 Å². The van der Waals surface area contributed by atoms with Gasteiger partial charge in [-0.1, -0.05) is 24.3 Å². The van der Waals surface area contributed by atoms with Crippen molar-refractivity contribution in [3.8, 4) is 5.75 Å². The summed E-state index contributed by atoms with van der Waals surface area (Å²) in [7, 11) is 0. The molecule has 0 aliphatic heterocycles. The summed E-state index contributed by atoms with van der Waals surface area (Å²) in [4.78, 5) is 19.7. The number of carbonyl (C=O) groups excluding carboxylic acids is 1. The van der Waals surface area contributed by atoms with Crippen molar-refractivity contribution in [1.29, 1.82) is 0 Å². The summed E-state index contributed by atoms with van der Waals surface area (Å²) in [6, 6.07) is 17.3. The van der Waals surface area contributed by atoms with Crippen LogP contribution in [0.4, 0.5) is 5.69 Å². The standard InChI is InChI=1S/C19H18N2O2S/c1-15-9-10-17(12-20-15)23-14-19(22)21(13-18-8-5-11-24-18)16-6-3-2-4-7-16/h2-12H,13-14H2,1H3. The Hall–Kier alpha value is -2.66. The number of para-hydroxylation sites is 1. The minimum Gasteiger partial charge on any atom is -0.482 e. The minimum absolute atomic E-state index is 0.0228. The van der Waals surface area contributed by atoms with E-state index >= 15 is 0 Å².